The summed E-state index contributed by atoms with van der Waals surface area (Å²) < 4.78 is 7.31. The highest BCUT2D eigenvalue weighted by atomic mass is 79.9. The van der Waals surface area contributed by atoms with Crippen LogP contribution in [0.2, 0.25) is 0 Å². The lowest BCUT2D eigenvalue weighted by Gasteiger charge is -2.07. The molecular formula is C15H12BrN3O2. The zero-order chi connectivity index (χ0) is 14.7. The zero-order valence-corrected chi connectivity index (χ0v) is 12.6. The van der Waals surface area contributed by atoms with Gasteiger partial charge in [0, 0.05) is 18.1 Å². The predicted octanol–water partition coefficient (Wildman–Crippen LogP) is 3.54. The fourth-order valence-electron chi connectivity index (χ4n) is 1.98. The van der Waals surface area contributed by atoms with E-state index in [1.807, 2.05) is 41.2 Å². The van der Waals surface area contributed by atoms with E-state index in [2.05, 4.69) is 26.3 Å². The Morgan fingerprint density at radius 3 is 2.95 bits per heavy atom. The molecule has 0 bridgehead atoms. The molecule has 106 valence electrons. The number of benzene rings is 1. The molecule has 2 aromatic heterocycles. The second kappa shape index (κ2) is 5.97. The molecule has 1 N–H and O–H groups in total. The van der Waals surface area contributed by atoms with Crippen LogP contribution in [0.4, 0.5) is 5.69 Å². The van der Waals surface area contributed by atoms with Crippen molar-refractivity contribution >= 4 is 27.5 Å². The molecule has 5 nitrogen and oxygen atoms in total. The van der Waals surface area contributed by atoms with Crippen molar-refractivity contribution in [1.29, 1.82) is 0 Å². The first-order valence-electron chi connectivity index (χ1n) is 6.33. The number of furan rings is 1. The van der Waals surface area contributed by atoms with Crippen molar-refractivity contribution in [3.05, 3.63) is 70.9 Å². The van der Waals surface area contributed by atoms with Crippen molar-refractivity contribution in [1.82, 2.24) is 9.78 Å². The molecule has 0 saturated carbocycles. The van der Waals surface area contributed by atoms with Crippen molar-refractivity contribution in [2.24, 2.45) is 0 Å². The second-order valence-electron chi connectivity index (χ2n) is 4.47. The number of aromatic nitrogens is 2. The predicted molar refractivity (Wildman–Crippen MR) is 82.1 cm³/mol. The van der Waals surface area contributed by atoms with E-state index in [0.717, 1.165) is 11.3 Å². The number of amides is 1. The van der Waals surface area contributed by atoms with E-state index in [1.54, 1.807) is 12.3 Å². The number of carbonyl (C=O) groups is 1. The highest BCUT2D eigenvalue weighted by Crippen LogP contribution is 2.19. The maximum Gasteiger partial charge on any atom is 0.260 e. The van der Waals surface area contributed by atoms with Crippen LogP contribution in [0.15, 0.2) is 64.1 Å². The molecule has 0 radical (unpaired) electrons. The number of nitrogens with one attached hydrogen (secondary N) is 1. The first kappa shape index (κ1) is 13.6. The van der Waals surface area contributed by atoms with E-state index in [1.165, 1.54) is 6.26 Å². The third kappa shape index (κ3) is 3.22. The van der Waals surface area contributed by atoms with Gasteiger partial charge in [-0.15, -0.1) is 0 Å². The molecule has 0 atom stereocenters. The molecule has 0 fully saturated rings. The van der Waals surface area contributed by atoms with Crippen LogP contribution in [0.25, 0.3) is 0 Å². The smallest absolute Gasteiger partial charge is 0.260 e. The average molecular weight is 346 g/mol. The van der Waals surface area contributed by atoms with E-state index in [4.69, 9.17) is 4.42 Å². The third-order valence-electron chi connectivity index (χ3n) is 2.95. The summed E-state index contributed by atoms with van der Waals surface area (Å²) in [6.07, 6.45) is 5.10. The molecule has 1 aromatic carbocycles. The third-order valence-corrected chi connectivity index (χ3v) is 3.57. The number of anilines is 1. The van der Waals surface area contributed by atoms with E-state index in [-0.39, 0.29) is 5.91 Å². The zero-order valence-electron chi connectivity index (χ0n) is 11.0. The number of carbonyl (C=O) groups excluding carboxylic acids is 1. The van der Waals surface area contributed by atoms with Crippen LogP contribution in [-0.4, -0.2) is 15.7 Å². The normalized spacial score (nSPS) is 10.5. The number of hydrogen-bond acceptors (Lipinski definition) is 3. The van der Waals surface area contributed by atoms with Crippen LogP contribution in [0.3, 0.4) is 0 Å². The molecule has 0 saturated heterocycles. The van der Waals surface area contributed by atoms with E-state index in [0.29, 0.717) is 16.8 Å². The molecule has 0 spiro atoms. The first-order valence-corrected chi connectivity index (χ1v) is 7.12. The Bertz CT molecular complexity index is 750. The number of halogens is 1. The minimum atomic E-state index is -0.216. The molecule has 21 heavy (non-hydrogen) atoms. The summed E-state index contributed by atoms with van der Waals surface area (Å²) in [6.45, 7) is 0.659. The molecule has 3 rings (SSSR count). The van der Waals surface area contributed by atoms with Gasteiger partial charge in [0.15, 0.2) is 4.67 Å². The summed E-state index contributed by atoms with van der Waals surface area (Å²) in [4.78, 5) is 12.1. The van der Waals surface area contributed by atoms with Gasteiger partial charge < -0.3 is 9.73 Å². The van der Waals surface area contributed by atoms with Crippen molar-refractivity contribution in [3.8, 4) is 0 Å². The van der Waals surface area contributed by atoms with Gasteiger partial charge in [-0.25, -0.2) is 0 Å². The Morgan fingerprint density at radius 1 is 1.33 bits per heavy atom. The quantitative estimate of drug-likeness (QED) is 0.786. The van der Waals surface area contributed by atoms with Gasteiger partial charge in [0.1, 0.15) is 0 Å². The highest BCUT2D eigenvalue weighted by Gasteiger charge is 2.12. The Hall–Kier alpha value is -2.34. The SMILES string of the molecule is O=C(Nc1cccc(Cn2cccn2)c1)c1ccoc1Br. The van der Waals surface area contributed by atoms with Gasteiger partial charge in [-0.1, -0.05) is 12.1 Å². The number of hydrogen-bond donors (Lipinski definition) is 1. The molecule has 6 heteroatoms. The summed E-state index contributed by atoms with van der Waals surface area (Å²) in [7, 11) is 0. The van der Waals surface area contributed by atoms with Gasteiger partial charge in [0.2, 0.25) is 0 Å². The lowest BCUT2D eigenvalue weighted by molar-refractivity contribution is 0.102. The van der Waals surface area contributed by atoms with Crippen LogP contribution < -0.4 is 5.32 Å². The number of rotatable bonds is 4. The fourth-order valence-corrected chi connectivity index (χ4v) is 2.40. The van der Waals surface area contributed by atoms with Gasteiger partial charge in [-0.2, -0.15) is 5.10 Å². The molecular weight excluding hydrogens is 334 g/mol. The Kier molecular flexibility index (Phi) is 3.87. The largest absolute Gasteiger partial charge is 0.457 e. The topological polar surface area (TPSA) is 60.1 Å². The Morgan fingerprint density at radius 2 is 2.24 bits per heavy atom. The van der Waals surface area contributed by atoms with Crippen LogP contribution in [0.1, 0.15) is 15.9 Å². The first-order chi connectivity index (χ1) is 10.2. The van der Waals surface area contributed by atoms with E-state index < -0.39 is 0 Å². The molecule has 2 heterocycles. The summed E-state index contributed by atoms with van der Waals surface area (Å²) in [5, 5.41) is 7.01. The van der Waals surface area contributed by atoms with Crippen LogP contribution in [0.5, 0.6) is 0 Å². The molecule has 3 aromatic rings. The monoisotopic (exact) mass is 345 g/mol. The van der Waals surface area contributed by atoms with Crippen LogP contribution >= 0.6 is 15.9 Å². The van der Waals surface area contributed by atoms with Gasteiger partial charge in [-0.05, 0) is 45.8 Å². The Balaban J connectivity index is 1.74. The fraction of sp³-hybridized carbons (Fsp3) is 0.0667. The summed E-state index contributed by atoms with van der Waals surface area (Å²) in [5.41, 5.74) is 2.26. The molecule has 0 aliphatic carbocycles. The van der Waals surface area contributed by atoms with Crippen molar-refractivity contribution in [3.63, 3.8) is 0 Å². The lowest BCUT2D eigenvalue weighted by atomic mass is 10.2. The van der Waals surface area contributed by atoms with E-state index >= 15 is 0 Å². The number of nitrogens with zero attached hydrogens (tertiary/aromatic N) is 2. The van der Waals surface area contributed by atoms with E-state index in [9.17, 15) is 4.79 Å². The maximum absolute atomic E-state index is 12.1. The average Bonchev–Trinajstić information content (AvgIpc) is 3.10. The lowest BCUT2D eigenvalue weighted by Crippen LogP contribution is -2.11. The highest BCUT2D eigenvalue weighted by molar-refractivity contribution is 9.10. The van der Waals surface area contributed by atoms with Crippen molar-refractivity contribution < 1.29 is 9.21 Å². The standard InChI is InChI=1S/C15H12BrN3O2/c16-14-13(5-8-21-14)15(20)18-12-4-1-3-11(9-12)10-19-7-2-6-17-19/h1-9H,10H2,(H,18,20). The van der Waals surface area contributed by atoms with Gasteiger partial charge in [0.05, 0.1) is 18.4 Å². The summed E-state index contributed by atoms with van der Waals surface area (Å²) in [5.74, 6) is -0.216. The van der Waals surface area contributed by atoms with Crippen LogP contribution in [-0.2, 0) is 6.54 Å². The minimum Gasteiger partial charge on any atom is -0.457 e. The van der Waals surface area contributed by atoms with Crippen LogP contribution in [0, 0.1) is 0 Å². The summed E-state index contributed by atoms with van der Waals surface area (Å²) in [6, 6.07) is 11.2. The minimum absolute atomic E-state index is 0.216. The molecule has 1 amide bonds. The van der Waals surface area contributed by atoms with Gasteiger partial charge in [-0.3, -0.25) is 9.48 Å². The molecule has 0 aliphatic rings. The maximum atomic E-state index is 12.1. The van der Waals surface area contributed by atoms with Crippen molar-refractivity contribution in [2.45, 2.75) is 6.54 Å². The molecule has 0 unspecified atom stereocenters. The van der Waals surface area contributed by atoms with Gasteiger partial charge >= 0.3 is 0 Å². The van der Waals surface area contributed by atoms with Crippen molar-refractivity contribution in [2.75, 3.05) is 5.32 Å². The molecule has 0 aliphatic heterocycles. The second-order valence-corrected chi connectivity index (χ2v) is 5.19. The summed E-state index contributed by atoms with van der Waals surface area (Å²) >= 11 is 3.20. The van der Waals surface area contributed by atoms with Gasteiger partial charge in [0.25, 0.3) is 5.91 Å². The Labute approximate surface area is 129 Å².